The fraction of sp³-hybridized carbons (Fsp3) is 0.636. The van der Waals surface area contributed by atoms with E-state index in [4.69, 9.17) is 21.1 Å². The van der Waals surface area contributed by atoms with Crippen molar-refractivity contribution in [1.29, 1.82) is 0 Å². The van der Waals surface area contributed by atoms with Crippen LogP contribution in [-0.4, -0.2) is 36.3 Å². The van der Waals surface area contributed by atoms with Crippen LogP contribution in [0, 0.1) is 0 Å². The summed E-state index contributed by atoms with van der Waals surface area (Å²) in [7, 11) is 3.26. The van der Waals surface area contributed by atoms with Crippen LogP contribution < -0.4 is 5.32 Å². The Bertz CT molecular complexity index is 372. The molecule has 1 heterocycles. The largest absolute Gasteiger partial charge is 0.377 e. The van der Waals surface area contributed by atoms with Crippen LogP contribution in [0.4, 0.5) is 5.82 Å². The van der Waals surface area contributed by atoms with Crippen molar-refractivity contribution in [3.05, 3.63) is 17.0 Å². The molecule has 5 nitrogen and oxygen atoms in total. The number of hydrogen-bond acceptors (Lipinski definition) is 5. The molecule has 0 amide bonds. The van der Waals surface area contributed by atoms with E-state index in [2.05, 4.69) is 15.3 Å². The highest BCUT2D eigenvalue weighted by Gasteiger charge is 2.16. The highest BCUT2D eigenvalue weighted by atomic mass is 35.5. The normalized spacial score (nSPS) is 11.6. The van der Waals surface area contributed by atoms with E-state index in [-0.39, 0.29) is 5.60 Å². The Morgan fingerprint density at radius 3 is 2.65 bits per heavy atom. The second-order valence-corrected chi connectivity index (χ2v) is 4.63. The lowest BCUT2D eigenvalue weighted by molar-refractivity contribution is 0.0343. The van der Waals surface area contributed by atoms with Crippen molar-refractivity contribution in [2.24, 2.45) is 0 Å². The quantitative estimate of drug-likeness (QED) is 0.793. The molecule has 1 aromatic heterocycles. The number of methoxy groups -OCH3 is 2. The number of hydrogen-bond donors (Lipinski definition) is 1. The van der Waals surface area contributed by atoms with E-state index in [1.165, 1.54) is 0 Å². The van der Waals surface area contributed by atoms with Crippen LogP contribution in [0.1, 0.15) is 19.7 Å². The number of anilines is 1. The molecule has 0 bridgehead atoms. The van der Waals surface area contributed by atoms with E-state index >= 15 is 0 Å². The molecule has 0 spiro atoms. The Hall–Kier alpha value is -0.910. The number of nitrogens with zero attached hydrogens (tertiary/aromatic N) is 2. The maximum absolute atomic E-state index is 5.89. The molecule has 0 aliphatic rings. The molecule has 0 saturated heterocycles. The summed E-state index contributed by atoms with van der Waals surface area (Å²) >= 11 is 5.89. The van der Waals surface area contributed by atoms with E-state index in [1.807, 2.05) is 13.8 Å². The lowest BCUT2D eigenvalue weighted by atomic mass is 10.1. The van der Waals surface area contributed by atoms with Gasteiger partial charge in [-0.3, -0.25) is 0 Å². The fourth-order valence-electron chi connectivity index (χ4n) is 1.12. The van der Waals surface area contributed by atoms with Crippen molar-refractivity contribution in [2.45, 2.75) is 26.1 Å². The molecule has 0 fully saturated rings. The summed E-state index contributed by atoms with van der Waals surface area (Å²) in [5, 5.41) is 3.55. The Balaban J connectivity index is 2.70. The third kappa shape index (κ3) is 4.85. The van der Waals surface area contributed by atoms with Crippen molar-refractivity contribution in [1.82, 2.24) is 9.97 Å². The zero-order chi connectivity index (χ0) is 12.9. The number of aromatic nitrogens is 2. The Morgan fingerprint density at radius 1 is 1.35 bits per heavy atom. The van der Waals surface area contributed by atoms with E-state index < -0.39 is 0 Å². The van der Waals surface area contributed by atoms with Crippen molar-refractivity contribution < 1.29 is 9.47 Å². The molecule has 17 heavy (non-hydrogen) atoms. The van der Waals surface area contributed by atoms with Crippen LogP contribution in [0.25, 0.3) is 0 Å². The Morgan fingerprint density at radius 2 is 2.06 bits per heavy atom. The topological polar surface area (TPSA) is 56.3 Å². The zero-order valence-electron chi connectivity index (χ0n) is 10.6. The summed E-state index contributed by atoms with van der Waals surface area (Å²) < 4.78 is 10.3. The second-order valence-electron chi connectivity index (χ2n) is 4.24. The van der Waals surface area contributed by atoms with E-state index in [0.717, 1.165) is 0 Å². The monoisotopic (exact) mass is 259 g/mol. The van der Waals surface area contributed by atoms with Gasteiger partial charge in [-0.2, -0.15) is 0 Å². The average molecular weight is 260 g/mol. The van der Waals surface area contributed by atoms with Crippen molar-refractivity contribution in [3.63, 3.8) is 0 Å². The van der Waals surface area contributed by atoms with Gasteiger partial charge in [-0.15, -0.1) is 0 Å². The Kier molecular flexibility index (Phi) is 5.11. The van der Waals surface area contributed by atoms with Gasteiger partial charge in [0, 0.05) is 26.8 Å². The highest BCUT2D eigenvalue weighted by molar-refractivity contribution is 6.29. The van der Waals surface area contributed by atoms with Gasteiger partial charge in [0.25, 0.3) is 0 Å². The number of ether oxygens (including phenoxy) is 2. The molecule has 1 rings (SSSR count). The molecule has 0 unspecified atom stereocenters. The summed E-state index contributed by atoms with van der Waals surface area (Å²) in [6, 6.07) is 1.67. The third-order valence-electron chi connectivity index (χ3n) is 2.26. The van der Waals surface area contributed by atoms with Crippen LogP contribution >= 0.6 is 11.6 Å². The van der Waals surface area contributed by atoms with Gasteiger partial charge in [0.1, 0.15) is 17.6 Å². The summed E-state index contributed by atoms with van der Waals surface area (Å²) in [4.78, 5) is 8.32. The first-order valence-electron chi connectivity index (χ1n) is 5.28. The predicted molar refractivity (Wildman–Crippen MR) is 67.3 cm³/mol. The first-order valence-corrected chi connectivity index (χ1v) is 5.66. The predicted octanol–water partition coefficient (Wildman–Crippen LogP) is 2.11. The fourth-order valence-corrected chi connectivity index (χ4v) is 1.33. The number of nitrogens with one attached hydrogen (secondary N) is 1. The number of halogens is 1. The summed E-state index contributed by atoms with van der Waals surface area (Å²) in [6.07, 6.45) is 0. The molecule has 0 aromatic carbocycles. The molecule has 0 atom stereocenters. The van der Waals surface area contributed by atoms with Gasteiger partial charge >= 0.3 is 0 Å². The maximum Gasteiger partial charge on any atom is 0.158 e. The summed E-state index contributed by atoms with van der Waals surface area (Å²) in [6.45, 7) is 4.93. The molecular weight excluding hydrogens is 242 g/mol. The van der Waals surface area contributed by atoms with Crippen LogP contribution in [0.2, 0.25) is 5.15 Å². The lowest BCUT2D eigenvalue weighted by Crippen LogP contribution is -2.32. The first-order chi connectivity index (χ1) is 7.96. The number of rotatable bonds is 6. The molecule has 96 valence electrons. The molecule has 1 N–H and O–H groups in total. The maximum atomic E-state index is 5.89. The van der Waals surface area contributed by atoms with E-state index in [0.29, 0.717) is 29.9 Å². The molecule has 6 heteroatoms. The average Bonchev–Trinajstić information content (AvgIpc) is 2.26. The molecule has 1 aromatic rings. The van der Waals surface area contributed by atoms with Crippen molar-refractivity contribution in [2.75, 3.05) is 26.1 Å². The summed E-state index contributed by atoms with van der Waals surface area (Å²) in [5.41, 5.74) is -0.265. The first kappa shape index (κ1) is 14.2. The molecule has 0 radical (unpaired) electrons. The third-order valence-corrected chi connectivity index (χ3v) is 2.46. The zero-order valence-corrected chi connectivity index (χ0v) is 11.3. The van der Waals surface area contributed by atoms with Gasteiger partial charge in [-0.25, -0.2) is 9.97 Å². The van der Waals surface area contributed by atoms with Gasteiger partial charge in [-0.05, 0) is 13.8 Å². The van der Waals surface area contributed by atoms with Crippen LogP contribution in [0.5, 0.6) is 0 Å². The van der Waals surface area contributed by atoms with E-state index in [9.17, 15) is 0 Å². The minimum Gasteiger partial charge on any atom is -0.377 e. The second kappa shape index (κ2) is 6.14. The highest BCUT2D eigenvalue weighted by Crippen LogP contribution is 2.14. The molecule has 0 saturated carbocycles. The minimum atomic E-state index is -0.265. The van der Waals surface area contributed by atoms with Gasteiger partial charge in [0.05, 0.1) is 5.60 Å². The summed E-state index contributed by atoms with van der Waals surface area (Å²) in [5.74, 6) is 1.22. The Labute approximate surface area is 107 Å². The van der Waals surface area contributed by atoms with Crippen LogP contribution in [0.3, 0.4) is 0 Å². The van der Waals surface area contributed by atoms with Gasteiger partial charge < -0.3 is 14.8 Å². The molecule has 0 aliphatic carbocycles. The van der Waals surface area contributed by atoms with Gasteiger partial charge in [0.2, 0.25) is 0 Å². The standard InChI is InChI=1S/C11H18ClN3O2/c1-11(2,17-4)7-13-9-5-8(12)14-10(15-9)6-16-3/h5H,6-7H2,1-4H3,(H,13,14,15). The SMILES string of the molecule is COCc1nc(Cl)cc(NCC(C)(C)OC)n1. The van der Waals surface area contributed by atoms with Crippen molar-refractivity contribution in [3.8, 4) is 0 Å². The van der Waals surface area contributed by atoms with Gasteiger partial charge in [-0.1, -0.05) is 11.6 Å². The minimum absolute atomic E-state index is 0.265. The van der Waals surface area contributed by atoms with Crippen molar-refractivity contribution >= 4 is 17.4 Å². The molecular formula is C11H18ClN3O2. The van der Waals surface area contributed by atoms with Crippen LogP contribution in [0.15, 0.2) is 6.07 Å². The van der Waals surface area contributed by atoms with E-state index in [1.54, 1.807) is 20.3 Å². The molecule has 0 aliphatic heterocycles. The lowest BCUT2D eigenvalue weighted by Gasteiger charge is -2.23. The van der Waals surface area contributed by atoms with Crippen LogP contribution in [-0.2, 0) is 16.1 Å². The smallest absolute Gasteiger partial charge is 0.158 e. The van der Waals surface area contributed by atoms with Gasteiger partial charge in [0.15, 0.2) is 5.82 Å².